The molecule has 0 saturated carbocycles. The van der Waals surface area contributed by atoms with Crippen molar-refractivity contribution in [3.05, 3.63) is 24.3 Å². The highest BCUT2D eigenvalue weighted by molar-refractivity contribution is 6.76. The van der Waals surface area contributed by atoms with Crippen LogP contribution in [0.4, 0.5) is 0 Å². The minimum Gasteiger partial charge on any atom is -0.463 e. The molecule has 0 aliphatic carbocycles. The molecule has 1 saturated heterocycles. The maximum atomic E-state index is 6.02. The van der Waals surface area contributed by atoms with E-state index in [1.807, 2.05) is 22.8 Å². The number of hydrogen-bond acceptors (Lipinski definition) is 5. The minimum atomic E-state index is -1.08. The summed E-state index contributed by atoms with van der Waals surface area (Å²) in [6, 6.07) is 9.92. The quantitative estimate of drug-likeness (QED) is 0.496. The third-order valence-electron chi connectivity index (χ3n) is 4.58. The average Bonchev–Trinajstić information content (AvgIpc) is 2.96. The summed E-state index contributed by atoms with van der Waals surface area (Å²) in [5, 5.41) is 0. The number of nitrogens with zero attached hydrogens (tertiary/aromatic N) is 3. The van der Waals surface area contributed by atoms with Gasteiger partial charge in [-0.1, -0.05) is 31.8 Å². The van der Waals surface area contributed by atoms with Gasteiger partial charge in [-0.05, 0) is 18.2 Å². The molecule has 0 spiro atoms. The van der Waals surface area contributed by atoms with Crippen LogP contribution in [0.2, 0.25) is 25.7 Å². The van der Waals surface area contributed by atoms with Crippen LogP contribution >= 0.6 is 0 Å². The number of hydrogen-bond donors (Lipinski definition) is 0. The van der Waals surface area contributed by atoms with E-state index in [0.29, 0.717) is 19.3 Å². The van der Waals surface area contributed by atoms with Gasteiger partial charge in [0, 0.05) is 34.3 Å². The lowest BCUT2D eigenvalue weighted by Crippen LogP contribution is -2.38. The van der Waals surface area contributed by atoms with Gasteiger partial charge in [0.05, 0.1) is 24.2 Å². The first kappa shape index (κ1) is 19.4. The van der Waals surface area contributed by atoms with Crippen molar-refractivity contribution in [1.82, 2.24) is 14.5 Å². The lowest BCUT2D eigenvalue weighted by molar-refractivity contribution is 0.0304. The summed E-state index contributed by atoms with van der Waals surface area (Å²) in [7, 11) is -1.08. The van der Waals surface area contributed by atoms with Crippen LogP contribution in [-0.2, 0) is 16.2 Å². The molecule has 1 aliphatic rings. The van der Waals surface area contributed by atoms with Crippen LogP contribution in [0.1, 0.15) is 0 Å². The molecule has 0 amide bonds. The fraction of sp³-hybridized carbons (Fsp3) is 0.632. The van der Waals surface area contributed by atoms with Crippen molar-refractivity contribution < 1.29 is 14.2 Å². The first-order valence-electron chi connectivity index (χ1n) is 9.49. The van der Waals surface area contributed by atoms with Crippen LogP contribution in [-0.4, -0.2) is 68.6 Å². The second kappa shape index (κ2) is 8.99. The SMILES string of the molecule is C[Si](C)(C)CCOCn1c(OCCN2CCOCC2)nc2ccccc21. The molecular weight excluding hydrogens is 346 g/mol. The van der Waals surface area contributed by atoms with E-state index in [1.165, 1.54) is 0 Å². The Bertz CT molecular complexity index is 693. The van der Waals surface area contributed by atoms with Crippen LogP contribution < -0.4 is 4.74 Å². The molecule has 2 aromatic rings. The number of rotatable bonds is 9. The van der Waals surface area contributed by atoms with Gasteiger partial charge in [0.2, 0.25) is 0 Å². The molecule has 1 aromatic heterocycles. The van der Waals surface area contributed by atoms with Gasteiger partial charge < -0.3 is 14.2 Å². The zero-order chi connectivity index (χ0) is 18.4. The van der Waals surface area contributed by atoms with Crippen LogP contribution in [0, 0.1) is 0 Å². The number of morpholine rings is 1. The number of imidazole rings is 1. The van der Waals surface area contributed by atoms with Gasteiger partial charge in [0.15, 0.2) is 0 Å². The summed E-state index contributed by atoms with van der Waals surface area (Å²) in [5.74, 6) is 0. The number of fused-ring (bicyclic) bond motifs is 1. The van der Waals surface area contributed by atoms with E-state index >= 15 is 0 Å². The van der Waals surface area contributed by atoms with E-state index in [9.17, 15) is 0 Å². The average molecular weight is 378 g/mol. The van der Waals surface area contributed by atoms with E-state index in [4.69, 9.17) is 14.2 Å². The molecule has 144 valence electrons. The first-order chi connectivity index (χ1) is 12.5. The molecule has 0 bridgehead atoms. The Hall–Kier alpha value is -1.41. The van der Waals surface area contributed by atoms with Gasteiger partial charge in [0.25, 0.3) is 6.01 Å². The highest BCUT2D eigenvalue weighted by Gasteiger charge is 2.15. The predicted molar refractivity (Wildman–Crippen MR) is 107 cm³/mol. The second-order valence-electron chi connectivity index (χ2n) is 7.96. The molecule has 1 aromatic carbocycles. The predicted octanol–water partition coefficient (Wildman–Crippen LogP) is 3.06. The number of benzene rings is 1. The third-order valence-corrected chi connectivity index (χ3v) is 6.28. The smallest absolute Gasteiger partial charge is 0.299 e. The van der Waals surface area contributed by atoms with Crippen molar-refractivity contribution in [1.29, 1.82) is 0 Å². The molecule has 1 fully saturated rings. The molecule has 0 radical (unpaired) electrons. The Morgan fingerprint density at radius 2 is 1.88 bits per heavy atom. The van der Waals surface area contributed by atoms with Crippen molar-refractivity contribution in [2.24, 2.45) is 0 Å². The Labute approximate surface area is 157 Å². The van der Waals surface area contributed by atoms with Gasteiger partial charge in [-0.15, -0.1) is 0 Å². The Kier molecular flexibility index (Phi) is 6.69. The van der Waals surface area contributed by atoms with Gasteiger partial charge in [0.1, 0.15) is 13.3 Å². The van der Waals surface area contributed by atoms with E-state index in [-0.39, 0.29) is 0 Å². The second-order valence-corrected chi connectivity index (χ2v) is 13.6. The highest BCUT2D eigenvalue weighted by atomic mass is 28.3. The van der Waals surface area contributed by atoms with Gasteiger partial charge >= 0.3 is 0 Å². The molecule has 3 rings (SSSR count). The first-order valence-corrected chi connectivity index (χ1v) is 13.2. The zero-order valence-corrected chi connectivity index (χ0v) is 17.2. The van der Waals surface area contributed by atoms with Crippen molar-refractivity contribution in [3.63, 3.8) is 0 Å². The normalized spacial score (nSPS) is 16.3. The Morgan fingerprint density at radius 1 is 1.12 bits per heavy atom. The topological polar surface area (TPSA) is 48.8 Å². The van der Waals surface area contributed by atoms with E-state index in [0.717, 1.165) is 56.5 Å². The van der Waals surface area contributed by atoms with E-state index in [2.05, 4.69) is 35.6 Å². The molecule has 6 nitrogen and oxygen atoms in total. The minimum absolute atomic E-state index is 0.484. The monoisotopic (exact) mass is 377 g/mol. The van der Waals surface area contributed by atoms with Crippen molar-refractivity contribution >= 4 is 19.1 Å². The molecule has 0 N–H and O–H groups in total. The summed E-state index contributed by atoms with van der Waals surface area (Å²) in [5.41, 5.74) is 2.00. The van der Waals surface area contributed by atoms with Gasteiger partial charge in [-0.3, -0.25) is 9.47 Å². The summed E-state index contributed by atoms with van der Waals surface area (Å²) >= 11 is 0. The number of aromatic nitrogens is 2. The molecule has 2 heterocycles. The maximum absolute atomic E-state index is 6.02. The lowest BCUT2D eigenvalue weighted by atomic mass is 10.3. The zero-order valence-electron chi connectivity index (χ0n) is 16.2. The van der Waals surface area contributed by atoms with E-state index in [1.54, 1.807) is 0 Å². The molecular formula is C19H31N3O3Si. The largest absolute Gasteiger partial charge is 0.463 e. The molecule has 7 heteroatoms. The van der Waals surface area contributed by atoms with Gasteiger partial charge in [-0.25, -0.2) is 0 Å². The van der Waals surface area contributed by atoms with Crippen LogP contribution in [0.5, 0.6) is 6.01 Å². The van der Waals surface area contributed by atoms with Crippen molar-refractivity contribution in [2.45, 2.75) is 32.4 Å². The lowest BCUT2D eigenvalue weighted by Gasteiger charge is -2.26. The molecule has 1 aliphatic heterocycles. The Balaban J connectivity index is 1.60. The van der Waals surface area contributed by atoms with Crippen LogP contribution in [0.25, 0.3) is 11.0 Å². The third kappa shape index (κ3) is 5.54. The van der Waals surface area contributed by atoms with Crippen LogP contribution in [0.3, 0.4) is 0 Å². The fourth-order valence-electron chi connectivity index (χ4n) is 2.91. The van der Waals surface area contributed by atoms with Crippen molar-refractivity contribution in [2.75, 3.05) is 46.1 Å². The standard InChI is InChI=1S/C19H31N3O3Si/c1-26(2,3)15-14-24-16-22-18-7-5-4-6-17(18)20-19(22)25-13-10-21-8-11-23-12-9-21/h4-7H,8-16H2,1-3H3. The summed E-state index contributed by atoms with van der Waals surface area (Å²) in [6.45, 7) is 13.4. The summed E-state index contributed by atoms with van der Waals surface area (Å²) in [6.07, 6.45) is 0. The summed E-state index contributed by atoms with van der Waals surface area (Å²) in [4.78, 5) is 7.01. The van der Waals surface area contributed by atoms with Gasteiger partial charge in [-0.2, -0.15) is 4.98 Å². The molecule has 0 atom stereocenters. The summed E-state index contributed by atoms with van der Waals surface area (Å²) < 4.78 is 19.4. The van der Waals surface area contributed by atoms with Crippen molar-refractivity contribution in [3.8, 4) is 6.01 Å². The van der Waals surface area contributed by atoms with Crippen LogP contribution in [0.15, 0.2) is 24.3 Å². The van der Waals surface area contributed by atoms with E-state index < -0.39 is 8.07 Å². The fourth-order valence-corrected chi connectivity index (χ4v) is 3.67. The number of ether oxygens (including phenoxy) is 3. The number of para-hydroxylation sites is 2. The Morgan fingerprint density at radius 3 is 2.65 bits per heavy atom. The molecule has 0 unspecified atom stereocenters. The molecule has 26 heavy (non-hydrogen) atoms. The highest BCUT2D eigenvalue weighted by Crippen LogP contribution is 2.21. The maximum Gasteiger partial charge on any atom is 0.299 e.